The van der Waals surface area contributed by atoms with Crippen LogP contribution < -0.4 is 10.6 Å². The van der Waals surface area contributed by atoms with E-state index < -0.39 is 0 Å². The number of amides is 2. The minimum Gasteiger partial charge on any atom is -0.316 e. The summed E-state index contributed by atoms with van der Waals surface area (Å²) >= 11 is 0. The molecular formula is C24H22N6O2. The second kappa shape index (κ2) is 8.68. The number of pyridine rings is 1. The van der Waals surface area contributed by atoms with Crippen LogP contribution in [-0.2, 0) is 13.1 Å². The zero-order valence-electron chi connectivity index (χ0n) is 17.4. The Labute approximate surface area is 185 Å². The maximum atomic E-state index is 12.7. The highest BCUT2D eigenvalue weighted by Gasteiger charge is 2.25. The van der Waals surface area contributed by atoms with Crippen molar-refractivity contribution in [2.45, 2.75) is 25.6 Å². The summed E-state index contributed by atoms with van der Waals surface area (Å²) in [7, 11) is 0. The molecule has 4 heterocycles. The highest BCUT2D eigenvalue weighted by molar-refractivity contribution is 5.99. The van der Waals surface area contributed by atoms with E-state index in [-0.39, 0.29) is 17.9 Å². The fraction of sp³-hybridized carbons (Fsp3) is 0.208. The molecule has 5 rings (SSSR count). The first-order valence-electron chi connectivity index (χ1n) is 10.5. The zero-order chi connectivity index (χ0) is 21.9. The molecule has 1 unspecified atom stereocenters. The van der Waals surface area contributed by atoms with Crippen LogP contribution in [-0.4, -0.2) is 44.3 Å². The third-order valence-electron chi connectivity index (χ3n) is 5.79. The molecule has 8 heteroatoms. The molecule has 2 aliphatic rings. The van der Waals surface area contributed by atoms with Crippen molar-refractivity contribution in [3.05, 3.63) is 89.8 Å². The summed E-state index contributed by atoms with van der Waals surface area (Å²) in [6.07, 6.45) is 10.8. The third kappa shape index (κ3) is 4.13. The SMILES string of the molecule is O=C(c1cnccn1)C1CC(c2ccc(NC(=O)N3Cc4ccncc4C3)cc2)=CCN1. The molecule has 0 bridgehead atoms. The van der Waals surface area contributed by atoms with Crippen LogP contribution in [0.25, 0.3) is 5.57 Å². The number of benzene rings is 1. The van der Waals surface area contributed by atoms with Crippen LogP contribution in [0.4, 0.5) is 10.5 Å². The van der Waals surface area contributed by atoms with Gasteiger partial charge < -0.3 is 15.5 Å². The lowest BCUT2D eigenvalue weighted by atomic mass is 9.92. The van der Waals surface area contributed by atoms with Crippen LogP contribution in [0.3, 0.4) is 0 Å². The minimum absolute atomic E-state index is 0.0607. The quantitative estimate of drug-likeness (QED) is 0.622. The number of hydrogen-bond donors (Lipinski definition) is 2. The first kappa shape index (κ1) is 20.0. The molecule has 160 valence electrons. The van der Waals surface area contributed by atoms with Crippen molar-refractivity contribution in [3.8, 4) is 0 Å². The van der Waals surface area contributed by atoms with Gasteiger partial charge in [0, 0.05) is 50.1 Å². The smallest absolute Gasteiger partial charge is 0.316 e. The van der Waals surface area contributed by atoms with E-state index in [1.54, 1.807) is 17.3 Å². The predicted molar refractivity (Wildman–Crippen MR) is 120 cm³/mol. The number of rotatable bonds is 4. The number of urea groups is 1. The van der Waals surface area contributed by atoms with Gasteiger partial charge >= 0.3 is 6.03 Å². The second-order valence-corrected chi connectivity index (χ2v) is 7.86. The van der Waals surface area contributed by atoms with Crippen molar-refractivity contribution in [1.29, 1.82) is 0 Å². The largest absolute Gasteiger partial charge is 0.322 e. The molecule has 1 atom stereocenters. The summed E-state index contributed by atoms with van der Waals surface area (Å²) in [5, 5.41) is 6.20. The number of aromatic nitrogens is 3. The van der Waals surface area contributed by atoms with Crippen LogP contribution in [0.1, 0.15) is 33.6 Å². The Balaban J connectivity index is 1.22. The molecule has 0 saturated carbocycles. The Morgan fingerprint density at radius 3 is 2.56 bits per heavy atom. The Morgan fingerprint density at radius 1 is 0.969 bits per heavy atom. The molecule has 2 aliphatic heterocycles. The second-order valence-electron chi connectivity index (χ2n) is 7.86. The third-order valence-corrected chi connectivity index (χ3v) is 5.79. The summed E-state index contributed by atoms with van der Waals surface area (Å²) in [6, 6.07) is 9.20. The van der Waals surface area contributed by atoms with E-state index in [0.717, 1.165) is 28.0 Å². The number of fused-ring (bicyclic) bond motifs is 1. The number of nitrogens with zero attached hydrogens (tertiary/aromatic N) is 4. The maximum absolute atomic E-state index is 12.7. The molecule has 0 aliphatic carbocycles. The Hall–Kier alpha value is -3.91. The Morgan fingerprint density at radius 2 is 1.78 bits per heavy atom. The lowest BCUT2D eigenvalue weighted by Crippen LogP contribution is -2.40. The molecule has 3 aromatic rings. The lowest BCUT2D eigenvalue weighted by molar-refractivity contribution is 0.0939. The Bertz CT molecular complexity index is 1150. The highest BCUT2D eigenvalue weighted by atomic mass is 16.2. The standard InChI is InChI=1S/C24H22N6O2/c31-23(22-13-26-9-10-28-22)21-11-17(6-8-27-21)16-1-3-20(4-2-16)29-24(32)30-14-18-5-7-25-12-19(18)15-30/h1-7,9-10,12-13,21,27H,8,11,14-15H2,(H,29,32). The van der Waals surface area contributed by atoms with E-state index in [2.05, 4.69) is 31.7 Å². The van der Waals surface area contributed by atoms with Crippen molar-refractivity contribution >= 4 is 23.1 Å². The number of carbonyl (C=O) groups is 2. The van der Waals surface area contributed by atoms with Crippen molar-refractivity contribution in [2.24, 2.45) is 0 Å². The number of carbonyl (C=O) groups excluding carboxylic acids is 2. The average molecular weight is 426 g/mol. The van der Waals surface area contributed by atoms with Crippen LogP contribution in [0.2, 0.25) is 0 Å². The van der Waals surface area contributed by atoms with E-state index in [1.165, 1.54) is 12.4 Å². The van der Waals surface area contributed by atoms with Gasteiger partial charge in [-0.05, 0) is 46.9 Å². The molecule has 1 aromatic carbocycles. The number of anilines is 1. The van der Waals surface area contributed by atoms with Gasteiger partial charge in [0.15, 0.2) is 5.78 Å². The maximum Gasteiger partial charge on any atom is 0.322 e. The number of nitrogens with one attached hydrogen (secondary N) is 2. The van der Waals surface area contributed by atoms with Gasteiger partial charge in [-0.15, -0.1) is 0 Å². The number of ketones is 1. The zero-order valence-corrected chi connectivity index (χ0v) is 17.4. The molecule has 32 heavy (non-hydrogen) atoms. The molecule has 2 N–H and O–H groups in total. The molecule has 0 fully saturated rings. The van der Waals surface area contributed by atoms with Crippen LogP contribution in [0.5, 0.6) is 0 Å². The van der Waals surface area contributed by atoms with Gasteiger partial charge in [0.25, 0.3) is 0 Å². The van der Waals surface area contributed by atoms with Crippen LogP contribution in [0, 0.1) is 0 Å². The first-order valence-corrected chi connectivity index (χ1v) is 10.5. The summed E-state index contributed by atoms with van der Waals surface area (Å²) < 4.78 is 0. The van der Waals surface area contributed by atoms with Crippen LogP contribution >= 0.6 is 0 Å². The predicted octanol–water partition coefficient (Wildman–Crippen LogP) is 3.05. The molecule has 0 spiro atoms. The van der Waals surface area contributed by atoms with Crippen molar-refractivity contribution < 1.29 is 9.59 Å². The van der Waals surface area contributed by atoms with Gasteiger partial charge in [0.05, 0.1) is 12.2 Å². The summed E-state index contributed by atoms with van der Waals surface area (Å²) in [5.41, 5.74) is 5.43. The molecule has 8 nitrogen and oxygen atoms in total. The van der Waals surface area contributed by atoms with Crippen LogP contribution in [0.15, 0.2) is 67.4 Å². The van der Waals surface area contributed by atoms with Gasteiger partial charge in [0.2, 0.25) is 0 Å². The lowest BCUT2D eigenvalue weighted by Gasteiger charge is -2.23. The van der Waals surface area contributed by atoms with E-state index in [0.29, 0.717) is 31.7 Å². The minimum atomic E-state index is -0.336. The van der Waals surface area contributed by atoms with Gasteiger partial charge in [-0.1, -0.05) is 18.2 Å². The fourth-order valence-corrected chi connectivity index (χ4v) is 4.06. The first-order chi connectivity index (χ1) is 15.7. The summed E-state index contributed by atoms with van der Waals surface area (Å²) in [4.78, 5) is 39.4. The van der Waals surface area contributed by atoms with Crippen molar-refractivity contribution in [2.75, 3.05) is 11.9 Å². The monoisotopic (exact) mass is 426 g/mol. The van der Waals surface area contributed by atoms with E-state index >= 15 is 0 Å². The summed E-state index contributed by atoms with van der Waals surface area (Å²) in [5.74, 6) is -0.0607. The average Bonchev–Trinajstić information content (AvgIpc) is 3.29. The number of Topliss-reactive ketones (excluding diaryl/α,β-unsaturated/α-hetero) is 1. The molecule has 0 saturated heterocycles. The normalized spacial score (nSPS) is 17.4. The van der Waals surface area contributed by atoms with Gasteiger partial charge in [-0.25, -0.2) is 9.78 Å². The molecule has 2 aromatic heterocycles. The Kier molecular flexibility index (Phi) is 5.43. The number of hydrogen-bond acceptors (Lipinski definition) is 6. The van der Waals surface area contributed by atoms with Gasteiger partial charge in [-0.2, -0.15) is 0 Å². The van der Waals surface area contributed by atoms with Crippen molar-refractivity contribution in [3.63, 3.8) is 0 Å². The highest BCUT2D eigenvalue weighted by Crippen LogP contribution is 2.26. The molecular weight excluding hydrogens is 404 g/mol. The topological polar surface area (TPSA) is 100 Å². The van der Waals surface area contributed by atoms with E-state index in [1.807, 2.05) is 36.5 Å². The molecule has 0 radical (unpaired) electrons. The summed E-state index contributed by atoms with van der Waals surface area (Å²) in [6.45, 7) is 1.76. The van der Waals surface area contributed by atoms with Gasteiger partial charge in [0.1, 0.15) is 5.69 Å². The van der Waals surface area contributed by atoms with Crippen molar-refractivity contribution in [1.82, 2.24) is 25.2 Å². The van der Waals surface area contributed by atoms with Gasteiger partial charge in [-0.3, -0.25) is 14.8 Å². The molecule has 2 amide bonds. The van der Waals surface area contributed by atoms with E-state index in [9.17, 15) is 9.59 Å². The fourth-order valence-electron chi connectivity index (χ4n) is 4.06. The van der Waals surface area contributed by atoms with E-state index in [4.69, 9.17) is 0 Å².